The summed E-state index contributed by atoms with van der Waals surface area (Å²) in [6.07, 6.45) is 0.788. The van der Waals surface area contributed by atoms with E-state index in [4.69, 9.17) is 21.7 Å². The number of fused-ring (bicyclic) bond motifs is 1. The van der Waals surface area contributed by atoms with E-state index in [1.165, 1.54) is 0 Å². The summed E-state index contributed by atoms with van der Waals surface area (Å²) >= 11 is 5.02. The van der Waals surface area contributed by atoms with E-state index in [9.17, 15) is 4.79 Å². The van der Waals surface area contributed by atoms with Crippen LogP contribution in [0.4, 0.5) is 0 Å². The monoisotopic (exact) mass is 333 g/mol. The summed E-state index contributed by atoms with van der Waals surface area (Å²) in [7, 11) is 3.25. The third-order valence-corrected chi connectivity index (χ3v) is 4.25. The molecular weight excluding hydrogens is 314 g/mol. The van der Waals surface area contributed by atoms with Crippen LogP contribution in [0.1, 0.15) is 16.8 Å². The number of aromatic amines is 2. The van der Waals surface area contributed by atoms with Crippen molar-refractivity contribution in [3.05, 3.63) is 50.1 Å². The predicted molar refractivity (Wildman–Crippen MR) is 89.6 cm³/mol. The van der Waals surface area contributed by atoms with Crippen LogP contribution in [-0.2, 0) is 19.5 Å². The molecule has 2 N–H and O–H groups in total. The first-order valence-corrected chi connectivity index (χ1v) is 7.79. The Balaban J connectivity index is 1.80. The number of nitrogens with zero attached hydrogens (tertiary/aromatic N) is 1. The summed E-state index contributed by atoms with van der Waals surface area (Å²) in [5.41, 5.74) is 2.74. The van der Waals surface area contributed by atoms with E-state index in [0.717, 1.165) is 36.3 Å². The Morgan fingerprint density at radius 3 is 2.74 bits per heavy atom. The molecule has 0 spiro atoms. The van der Waals surface area contributed by atoms with Crippen molar-refractivity contribution in [3.8, 4) is 11.5 Å². The Morgan fingerprint density at radius 2 is 2.00 bits per heavy atom. The predicted octanol–water partition coefficient (Wildman–Crippen LogP) is 2.01. The lowest BCUT2D eigenvalue weighted by Crippen LogP contribution is -2.35. The molecule has 0 bridgehead atoms. The van der Waals surface area contributed by atoms with Crippen LogP contribution in [0.15, 0.2) is 23.0 Å². The second-order valence-electron chi connectivity index (χ2n) is 5.52. The van der Waals surface area contributed by atoms with Gasteiger partial charge >= 0.3 is 0 Å². The van der Waals surface area contributed by atoms with Crippen molar-refractivity contribution >= 4 is 12.2 Å². The summed E-state index contributed by atoms with van der Waals surface area (Å²) in [5.74, 6) is 1.42. The van der Waals surface area contributed by atoms with Gasteiger partial charge in [0, 0.05) is 31.7 Å². The molecule has 122 valence electrons. The van der Waals surface area contributed by atoms with Crippen LogP contribution in [0.3, 0.4) is 0 Å². The van der Waals surface area contributed by atoms with Gasteiger partial charge in [0.15, 0.2) is 16.3 Å². The third-order valence-electron chi connectivity index (χ3n) is 4.04. The molecule has 0 fully saturated rings. The second-order valence-corrected chi connectivity index (χ2v) is 5.92. The number of H-pyrrole nitrogens is 2. The highest BCUT2D eigenvalue weighted by atomic mass is 32.1. The summed E-state index contributed by atoms with van der Waals surface area (Å²) in [5, 5.41) is 0. The van der Waals surface area contributed by atoms with E-state index in [-0.39, 0.29) is 5.56 Å². The third kappa shape index (κ3) is 3.30. The number of hydrogen-bond acceptors (Lipinski definition) is 5. The largest absolute Gasteiger partial charge is 0.493 e. The molecule has 2 heterocycles. The maximum Gasteiger partial charge on any atom is 0.256 e. The lowest BCUT2D eigenvalue weighted by atomic mass is 10.1. The van der Waals surface area contributed by atoms with Gasteiger partial charge in [-0.15, -0.1) is 0 Å². The Morgan fingerprint density at radius 1 is 1.22 bits per heavy atom. The van der Waals surface area contributed by atoms with Crippen LogP contribution >= 0.6 is 12.2 Å². The topological polar surface area (TPSA) is 70.3 Å². The quantitative estimate of drug-likeness (QED) is 0.838. The summed E-state index contributed by atoms with van der Waals surface area (Å²) in [6.45, 7) is 2.22. The second kappa shape index (κ2) is 6.55. The molecule has 0 atom stereocenters. The fourth-order valence-electron chi connectivity index (χ4n) is 2.88. The van der Waals surface area contributed by atoms with Gasteiger partial charge in [0.2, 0.25) is 0 Å². The lowest BCUT2D eigenvalue weighted by Gasteiger charge is -2.28. The minimum absolute atomic E-state index is 0.0965. The highest BCUT2D eigenvalue weighted by molar-refractivity contribution is 7.71. The van der Waals surface area contributed by atoms with Gasteiger partial charge in [0.05, 0.1) is 19.8 Å². The molecule has 7 heteroatoms. The number of hydrogen-bond donors (Lipinski definition) is 2. The Labute approximate surface area is 139 Å². The molecule has 0 unspecified atom stereocenters. The molecule has 1 aliphatic heterocycles. The van der Waals surface area contributed by atoms with Crippen LogP contribution < -0.4 is 15.0 Å². The fourth-order valence-corrected chi connectivity index (χ4v) is 3.10. The van der Waals surface area contributed by atoms with E-state index in [1.807, 2.05) is 18.2 Å². The first kappa shape index (κ1) is 15.8. The average Bonchev–Trinajstić information content (AvgIpc) is 2.55. The van der Waals surface area contributed by atoms with Crippen LogP contribution in [0.5, 0.6) is 11.5 Å². The minimum Gasteiger partial charge on any atom is -0.493 e. The van der Waals surface area contributed by atoms with E-state index in [0.29, 0.717) is 22.8 Å². The number of rotatable bonds is 4. The van der Waals surface area contributed by atoms with E-state index in [2.05, 4.69) is 14.9 Å². The molecule has 6 nitrogen and oxygen atoms in total. The highest BCUT2D eigenvalue weighted by Gasteiger charge is 2.20. The maximum atomic E-state index is 12.1. The number of aromatic nitrogens is 2. The van der Waals surface area contributed by atoms with Crippen LogP contribution in [0, 0.1) is 4.77 Å². The molecule has 0 saturated carbocycles. The van der Waals surface area contributed by atoms with Gasteiger partial charge in [0.1, 0.15) is 0 Å². The average molecular weight is 333 g/mol. The van der Waals surface area contributed by atoms with Crippen LogP contribution in [0.2, 0.25) is 0 Å². The summed E-state index contributed by atoms with van der Waals surface area (Å²) in [6, 6.07) is 5.88. The molecular formula is C16H19N3O3S. The van der Waals surface area contributed by atoms with Gasteiger partial charge in [-0.2, -0.15) is 0 Å². The van der Waals surface area contributed by atoms with Crippen LogP contribution in [0.25, 0.3) is 0 Å². The molecule has 1 aliphatic rings. The van der Waals surface area contributed by atoms with E-state index in [1.54, 1.807) is 14.2 Å². The fraction of sp³-hybridized carbons (Fsp3) is 0.375. The summed E-state index contributed by atoms with van der Waals surface area (Å²) < 4.78 is 11.0. The molecule has 0 amide bonds. The van der Waals surface area contributed by atoms with Crippen molar-refractivity contribution in [1.29, 1.82) is 0 Å². The van der Waals surface area contributed by atoms with E-state index >= 15 is 0 Å². The molecule has 0 aliphatic carbocycles. The minimum atomic E-state index is -0.0965. The van der Waals surface area contributed by atoms with Crippen molar-refractivity contribution in [2.45, 2.75) is 19.5 Å². The van der Waals surface area contributed by atoms with Crippen molar-refractivity contribution in [1.82, 2.24) is 14.9 Å². The first-order chi connectivity index (χ1) is 11.1. The van der Waals surface area contributed by atoms with Gasteiger partial charge in [-0.05, 0) is 29.9 Å². The standard InChI is InChI=1S/C16H19N3O3S/c1-21-13-4-3-10(7-14(13)22-2)8-19-6-5-12-11(9-19)15(20)18-16(23)17-12/h3-4,7H,5-6,8-9H2,1-2H3,(H2,17,18,20,23). The summed E-state index contributed by atoms with van der Waals surface area (Å²) in [4.78, 5) is 20.0. The molecule has 0 radical (unpaired) electrons. The lowest BCUT2D eigenvalue weighted by molar-refractivity contribution is 0.241. The Hall–Kier alpha value is -2.12. The Kier molecular flexibility index (Phi) is 4.49. The van der Waals surface area contributed by atoms with Crippen molar-refractivity contribution in [2.75, 3.05) is 20.8 Å². The van der Waals surface area contributed by atoms with Gasteiger partial charge in [-0.3, -0.25) is 14.7 Å². The number of benzene rings is 1. The molecule has 1 aromatic carbocycles. The van der Waals surface area contributed by atoms with Crippen LogP contribution in [-0.4, -0.2) is 35.6 Å². The zero-order valence-corrected chi connectivity index (χ0v) is 14.0. The smallest absolute Gasteiger partial charge is 0.256 e. The zero-order valence-electron chi connectivity index (χ0n) is 13.1. The van der Waals surface area contributed by atoms with Gasteiger partial charge in [-0.25, -0.2) is 0 Å². The number of nitrogens with one attached hydrogen (secondary N) is 2. The Bertz CT molecular complexity index is 828. The normalized spacial score (nSPS) is 14.3. The highest BCUT2D eigenvalue weighted by Crippen LogP contribution is 2.28. The molecule has 0 saturated heterocycles. The number of methoxy groups -OCH3 is 2. The number of ether oxygens (including phenoxy) is 2. The maximum absolute atomic E-state index is 12.1. The van der Waals surface area contributed by atoms with Gasteiger partial charge in [-0.1, -0.05) is 6.07 Å². The molecule has 23 heavy (non-hydrogen) atoms. The van der Waals surface area contributed by atoms with Crippen molar-refractivity contribution in [3.63, 3.8) is 0 Å². The molecule has 3 rings (SSSR count). The molecule has 1 aromatic heterocycles. The van der Waals surface area contributed by atoms with E-state index < -0.39 is 0 Å². The first-order valence-electron chi connectivity index (χ1n) is 7.38. The van der Waals surface area contributed by atoms with Gasteiger partial charge in [0.25, 0.3) is 5.56 Å². The van der Waals surface area contributed by atoms with Gasteiger partial charge < -0.3 is 14.5 Å². The SMILES string of the molecule is COc1ccc(CN2CCc3[nH]c(=S)[nH]c(=O)c3C2)cc1OC. The van der Waals surface area contributed by atoms with Crippen molar-refractivity contribution in [2.24, 2.45) is 0 Å². The molecule has 2 aromatic rings. The van der Waals surface area contributed by atoms with Crippen molar-refractivity contribution < 1.29 is 9.47 Å². The zero-order chi connectivity index (χ0) is 16.4.